The molecule has 1 fully saturated rings. The van der Waals surface area contributed by atoms with Gasteiger partial charge in [0.2, 0.25) is 15.9 Å². The van der Waals surface area contributed by atoms with Crippen molar-refractivity contribution in [2.45, 2.75) is 29.9 Å². The van der Waals surface area contributed by atoms with Crippen LogP contribution in [0.3, 0.4) is 0 Å². The molecule has 0 atom stereocenters. The lowest BCUT2D eigenvalue weighted by atomic mass is 10.2. The van der Waals surface area contributed by atoms with Gasteiger partial charge in [0.25, 0.3) is 0 Å². The molecule has 0 saturated carbocycles. The highest BCUT2D eigenvalue weighted by molar-refractivity contribution is 7.92. The Morgan fingerprint density at radius 2 is 1.85 bits per heavy atom. The molecule has 1 aliphatic heterocycles. The number of rotatable bonds is 6. The van der Waals surface area contributed by atoms with E-state index < -0.39 is 36.8 Å². The molecule has 0 aromatic heterocycles. The Morgan fingerprint density at radius 3 is 2.38 bits per heavy atom. The second kappa shape index (κ2) is 7.93. The summed E-state index contributed by atoms with van der Waals surface area (Å²) in [5, 5.41) is 1.58. The maximum Gasteiger partial charge on any atom is 0.246 e. The number of amides is 1. The summed E-state index contributed by atoms with van der Waals surface area (Å²) in [6, 6.07) is 4.90. The zero-order valence-electron chi connectivity index (χ0n) is 15.1. The molecule has 10 heteroatoms. The second-order valence-corrected chi connectivity index (χ2v) is 10.4. The highest BCUT2D eigenvalue weighted by Crippen LogP contribution is 2.30. The molecule has 1 heterocycles. The van der Waals surface area contributed by atoms with Crippen LogP contribution in [0.1, 0.15) is 18.4 Å². The first kappa shape index (κ1) is 20.7. The van der Waals surface area contributed by atoms with Crippen molar-refractivity contribution in [1.29, 1.82) is 0 Å². The van der Waals surface area contributed by atoms with Crippen LogP contribution in [0.5, 0.6) is 5.75 Å². The smallest absolute Gasteiger partial charge is 0.246 e. The topological polar surface area (TPSA) is 110 Å². The standard InChI is InChI=1S/C16H24N2O6S2/c1-12-4-5-14(24-3)15(10-12)26(22,23)18-8-6-13(7-9-18)25(20,21)11-16(19)17-2/h4-5,10,13H,6-9,11H2,1-3H3,(H,17,19). The number of piperidine rings is 1. The van der Waals surface area contributed by atoms with Crippen molar-refractivity contribution < 1.29 is 26.4 Å². The monoisotopic (exact) mass is 404 g/mol. The van der Waals surface area contributed by atoms with Crippen LogP contribution in [0.4, 0.5) is 0 Å². The molecule has 2 rings (SSSR count). The third-order valence-corrected chi connectivity index (χ3v) is 8.53. The molecule has 1 aliphatic rings. The van der Waals surface area contributed by atoms with Gasteiger partial charge >= 0.3 is 0 Å². The molecular weight excluding hydrogens is 380 g/mol. The lowest BCUT2D eigenvalue weighted by Gasteiger charge is -2.31. The van der Waals surface area contributed by atoms with E-state index in [2.05, 4.69) is 5.32 Å². The van der Waals surface area contributed by atoms with Gasteiger partial charge in [-0.05, 0) is 37.5 Å². The average Bonchev–Trinajstić information content (AvgIpc) is 2.61. The zero-order chi connectivity index (χ0) is 19.5. The number of benzene rings is 1. The third kappa shape index (κ3) is 4.36. The van der Waals surface area contributed by atoms with E-state index >= 15 is 0 Å². The Hall–Kier alpha value is -1.65. The van der Waals surface area contributed by atoms with Gasteiger partial charge in [-0.15, -0.1) is 0 Å². The maximum atomic E-state index is 12.9. The van der Waals surface area contributed by atoms with E-state index in [1.807, 2.05) is 0 Å². The summed E-state index contributed by atoms with van der Waals surface area (Å²) in [4.78, 5) is 11.4. The molecule has 8 nitrogen and oxygen atoms in total. The molecule has 1 saturated heterocycles. The van der Waals surface area contributed by atoms with Crippen LogP contribution in [0, 0.1) is 6.92 Å². The molecule has 146 valence electrons. The van der Waals surface area contributed by atoms with E-state index in [0.29, 0.717) is 0 Å². The number of nitrogens with one attached hydrogen (secondary N) is 1. The van der Waals surface area contributed by atoms with Crippen LogP contribution in [-0.2, 0) is 24.7 Å². The maximum absolute atomic E-state index is 12.9. The average molecular weight is 405 g/mol. The van der Waals surface area contributed by atoms with E-state index in [1.54, 1.807) is 25.1 Å². The fraction of sp³-hybridized carbons (Fsp3) is 0.562. The largest absolute Gasteiger partial charge is 0.495 e. The third-order valence-electron chi connectivity index (χ3n) is 4.46. The van der Waals surface area contributed by atoms with Gasteiger partial charge in [-0.3, -0.25) is 4.79 Å². The van der Waals surface area contributed by atoms with Crippen LogP contribution < -0.4 is 10.1 Å². The number of carbonyl (C=O) groups is 1. The lowest BCUT2D eigenvalue weighted by Crippen LogP contribution is -2.44. The van der Waals surface area contributed by atoms with Gasteiger partial charge in [0, 0.05) is 20.1 Å². The molecule has 0 spiro atoms. The summed E-state index contributed by atoms with van der Waals surface area (Å²) >= 11 is 0. The summed E-state index contributed by atoms with van der Waals surface area (Å²) in [5.41, 5.74) is 0.785. The molecular formula is C16H24N2O6S2. The molecule has 1 aromatic carbocycles. The van der Waals surface area contributed by atoms with Crippen molar-refractivity contribution in [3.05, 3.63) is 23.8 Å². The predicted octanol–water partition coefficient (Wildman–Crippen LogP) is 0.318. The summed E-state index contributed by atoms with van der Waals surface area (Å²) in [6.07, 6.45) is 0.319. The first-order valence-electron chi connectivity index (χ1n) is 8.18. The van der Waals surface area contributed by atoms with Gasteiger partial charge in [0.15, 0.2) is 9.84 Å². The molecule has 1 amide bonds. The predicted molar refractivity (Wildman–Crippen MR) is 97.4 cm³/mol. The van der Waals surface area contributed by atoms with Gasteiger partial charge in [0.1, 0.15) is 16.4 Å². The summed E-state index contributed by atoms with van der Waals surface area (Å²) in [5.74, 6) is -0.887. The fourth-order valence-corrected chi connectivity index (χ4v) is 6.31. The van der Waals surface area contributed by atoms with Gasteiger partial charge in [-0.2, -0.15) is 4.31 Å². The Labute approximate surface area is 154 Å². The lowest BCUT2D eigenvalue weighted by molar-refractivity contribution is -0.118. The SMILES string of the molecule is CNC(=O)CS(=O)(=O)C1CCN(S(=O)(=O)c2cc(C)ccc2OC)CC1. The Morgan fingerprint density at radius 1 is 1.23 bits per heavy atom. The minimum Gasteiger partial charge on any atom is -0.495 e. The molecule has 1 aromatic rings. The van der Waals surface area contributed by atoms with Crippen molar-refractivity contribution in [3.8, 4) is 5.75 Å². The Bertz CT molecular complexity index is 872. The van der Waals surface area contributed by atoms with Crippen molar-refractivity contribution >= 4 is 25.8 Å². The van der Waals surface area contributed by atoms with E-state index in [9.17, 15) is 21.6 Å². The molecule has 1 N–H and O–H groups in total. The highest BCUT2D eigenvalue weighted by Gasteiger charge is 2.36. The van der Waals surface area contributed by atoms with E-state index in [0.717, 1.165) is 5.56 Å². The van der Waals surface area contributed by atoms with Crippen LogP contribution in [-0.4, -0.2) is 65.3 Å². The number of aryl methyl sites for hydroxylation is 1. The van der Waals surface area contributed by atoms with E-state index in [-0.39, 0.29) is 36.6 Å². The second-order valence-electron chi connectivity index (χ2n) is 6.24. The molecule has 0 aliphatic carbocycles. The fourth-order valence-electron chi connectivity index (χ4n) is 2.93. The summed E-state index contributed by atoms with van der Waals surface area (Å²) in [6.45, 7) is 1.95. The number of hydrogen-bond acceptors (Lipinski definition) is 6. The molecule has 0 radical (unpaired) electrons. The first-order chi connectivity index (χ1) is 12.1. The normalized spacial score (nSPS) is 17.0. The van der Waals surface area contributed by atoms with Gasteiger partial charge in [0.05, 0.1) is 12.4 Å². The van der Waals surface area contributed by atoms with Gasteiger partial charge < -0.3 is 10.1 Å². The number of hydrogen-bond donors (Lipinski definition) is 1. The Balaban J connectivity index is 2.17. The summed E-state index contributed by atoms with van der Waals surface area (Å²) in [7, 11) is -4.61. The van der Waals surface area contributed by atoms with Gasteiger partial charge in [-0.1, -0.05) is 6.07 Å². The van der Waals surface area contributed by atoms with Crippen molar-refractivity contribution in [2.24, 2.45) is 0 Å². The van der Waals surface area contributed by atoms with Crippen LogP contribution in [0.15, 0.2) is 23.1 Å². The van der Waals surface area contributed by atoms with Crippen LogP contribution >= 0.6 is 0 Å². The van der Waals surface area contributed by atoms with Crippen LogP contribution in [0.25, 0.3) is 0 Å². The van der Waals surface area contributed by atoms with Crippen molar-refractivity contribution in [3.63, 3.8) is 0 Å². The Kier molecular flexibility index (Phi) is 6.30. The van der Waals surface area contributed by atoms with E-state index in [1.165, 1.54) is 18.5 Å². The van der Waals surface area contributed by atoms with Crippen molar-refractivity contribution in [2.75, 3.05) is 33.0 Å². The number of nitrogens with zero attached hydrogens (tertiary/aromatic N) is 1. The number of sulfonamides is 1. The molecule has 26 heavy (non-hydrogen) atoms. The first-order valence-corrected chi connectivity index (χ1v) is 11.3. The highest BCUT2D eigenvalue weighted by atomic mass is 32.2. The number of sulfone groups is 1. The molecule has 0 bridgehead atoms. The minimum absolute atomic E-state index is 0.0756. The van der Waals surface area contributed by atoms with Crippen molar-refractivity contribution in [1.82, 2.24) is 9.62 Å². The van der Waals surface area contributed by atoms with E-state index in [4.69, 9.17) is 4.74 Å². The minimum atomic E-state index is -3.79. The van der Waals surface area contributed by atoms with Crippen LogP contribution in [0.2, 0.25) is 0 Å². The quantitative estimate of drug-likeness (QED) is 0.731. The number of carbonyl (C=O) groups excluding carboxylic acids is 1. The number of ether oxygens (including phenoxy) is 1. The van der Waals surface area contributed by atoms with Gasteiger partial charge in [-0.25, -0.2) is 16.8 Å². The zero-order valence-corrected chi connectivity index (χ0v) is 16.7. The summed E-state index contributed by atoms with van der Waals surface area (Å²) < 4.78 is 56.9. The number of methoxy groups -OCH3 is 1. The molecule has 0 unspecified atom stereocenters.